The first-order valence-corrected chi connectivity index (χ1v) is 10.2. The molecule has 0 fully saturated rings. The zero-order valence-electron chi connectivity index (χ0n) is 13.9. The molecule has 0 unspecified atom stereocenters. The van der Waals surface area contributed by atoms with E-state index in [0.717, 1.165) is 26.6 Å². The van der Waals surface area contributed by atoms with Gasteiger partial charge in [-0.2, -0.15) is 8.42 Å². The summed E-state index contributed by atoms with van der Waals surface area (Å²) < 4.78 is 35.0. The van der Waals surface area contributed by atoms with Crippen LogP contribution in [0.4, 0.5) is 0 Å². The molecular formula is C16H18ClNO6S2. The summed E-state index contributed by atoms with van der Waals surface area (Å²) in [5, 5.41) is 2.57. The maximum atomic E-state index is 12.0. The molecule has 1 aliphatic heterocycles. The summed E-state index contributed by atoms with van der Waals surface area (Å²) in [5.74, 6) is 0.157. The Kier molecular flexibility index (Phi) is 7.56. The van der Waals surface area contributed by atoms with Crippen LogP contribution in [0.2, 0.25) is 5.02 Å². The van der Waals surface area contributed by atoms with Gasteiger partial charge in [0, 0.05) is 18.0 Å². The number of esters is 1. The Balaban J connectivity index is 0.000000352. The fourth-order valence-electron chi connectivity index (χ4n) is 2.31. The minimum Gasteiger partial charge on any atom is -0.424 e. The van der Waals surface area contributed by atoms with E-state index in [1.807, 2.05) is 6.07 Å². The Labute approximate surface area is 161 Å². The molecule has 0 saturated heterocycles. The average molecular weight is 420 g/mol. The number of carbonyl (C=O) groups excluding carboxylic acids is 1. The first kappa shape index (κ1) is 20.8. The predicted octanol–water partition coefficient (Wildman–Crippen LogP) is 2.80. The Morgan fingerprint density at radius 3 is 2.69 bits per heavy atom. The van der Waals surface area contributed by atoms with Crippen LogP contribution in [0, 0.1) is 0 Å². The van der Waals surface area contributed by atoms with E-state index in [2.05, 4.69) is 20.5 Å². The summed E-state index contributed by atoms with van der Waals surface area (Å²) in [6.07, 6.45) is 1.01. The van der Waals surface area contributed by atoms with Gasteiger partial charge >= 0.3 is 16.4 Å². The van der Waals surface area contributed by atoms with Crippen molar-refractivity contribution in [2.24, 2.45) is 0 Å². The largest absolute Gasteiger partial charge is 0.424 e. The van der Waals surface area contributed by atoms with Gasteiger partial charge in [0.05, 0.1) is 18.7 Å². The second-order valence-electron chi connectivity index (χ2n) is 5.33. The molecule has 1 aromatic carbocycles. The number of hydrogen-bond donors (Lipinski definition) is 1. The molecule has 1 aromatic heterocycles. The smallest absolute Gasteiger partial charge is 0.397 e. The number of hydrogen-bond acceptors (Lipinski definition) is 7. The second-order valence-corrected chi connectivity index (χ2v) is 7.93. The molecule has 2 heterocycles. The van der Waals surface area contributed by atoms with Gasteiger partial charge in [-0.25, -0.2) is 0 Å². The number of ether oxygens (including phenoxy) is 1. The Bertz CT molecular complexity index is 852. The average Bonchev–Trinajstić information content (AvgIpc) is 3.04. The van der Waals surface area contributed by atoms with Crippen molar-refractivity contribution in [1.29, 1.82) is 0 Å². The second kappa shape index (κ2) is 9.45. The summed E-state index contributed by atoms with van der Waals surface area (Å²) in [6, 6.07) is 9.15. The van der Waals surface area contributed by atoms with Gasteiger partial charge in [-0.1, -0.05) is 23.7 Å². The first-order valence-electron chi connectivity index (χ1n) is 7.54. The highest BCUT2D eigenvalue weighted by atomic mass is 35.5. The third-order valence-electron chi connectivity index (χ3n) is 3.51. The summed E-state index contributed by atoms with van der Waals surface area (Å²) >= 11 is 7.76. The van der Waals surface area contributed by atoms with Crippen molar-refractivity contribution >= 4 is 39.3 Å². The molecule has 0 atom stereocenters. The third kappa shape index (κ3) is 6.67. The number of carbonyl (C=O) groups is 1. The fourth-order valence-corrected chi connectivity index (χ4v) is 3.37. The normalized spacial score (nSPS) is 14.1. The molecule has 1 aliphatic rings. The molecule has 0 saturated carbocycles. The predicted molar refractivity (Wildman–Crippen MR) is 98.9 cm³/mol. The van der Waals surface area contributed by atoms with E-state index >= 15 is 0 Å². The van der Waals surface area contributed by atoms with Crippen LogP contribution in [0.1, 0.15) is 10.4 Å². The van der Waals surface area contributed by atoms with Crippen molar-refractivity contribution in [2.45, 2.75) is 13.0 Å². The van der Waals surface area contributed by atoms with Gasteiger partial charge < -0.3 is 4.74 Å². The Hall–Kier alpha value is -1.49. The number of rotatable bonds is 4. The molecule has 0 amide bonds. The van der Waals surface area contributed by atoms with Crippen molar-refractivity contribution in [3.05, 3.63) is 51.2 Å². The van der Waals surface area contributed by atoms with Crippen LogP contribution < -0.4 is 4.74 Å². The number of nitrogens with zero attached hydrogens (tertiary/aromatic N) is 1. The van der Waals surface area contributed by atoms with Crippen LogP contribution in [0.25, 0.3) is 0 Å². The number of thiophene rings is 1. The van der Waals surface area contributed by atoms with E-state index in [1.165, 1.54) is 10.4 Å². The molecular weight excluding hydrogens is 402 g/mol. The van der Waals surface area contributed by atoms with Crippen LogP contribution in [-0.2, 0) is 32.3 Å². The molecule has 7 nitrogen and oxygen atoms in total. The lowest BCUT2D eigenvalue weighted by Crippen LogP contribution is -2.35. The molecule has 0 bridgehead atoms. The lowest BCUT2D eigenvalue weighted by Gasteiger charge is -2.25. The molecule has 0 radical (unpaired) electrons. The topological polar surface area (TPSA) is 93.1 Å². The number of halogens is 1. The van der Waals surface area contributed by atoms with Crippen molar-refractivity contribution in [3.8, 4) is 5.75 Å². The quantitative estimate of drug-likeness (QED) is 0.462. The molecule has 10 heteroatoms. The highest BCUT2D eigenvalue weighted by Crippen LogP contribution is 2.25. The molecule has 0 spiro atoms. The lowest BCUT2D eigenvalue weighted by atomic mass is 10.1. The van der Waals surface area contributed by atoms with E-state index in [1.54, 1.807) is 29.5 Å². The standard InChI is InChI=1S/C15H14ClNO2S.CH4O4S/c16-12-3-1-2-4-13(12)19-15(18)10-17-7-5-14-11(9-17)6-8-20-14;1-5-6(2,3)4/h1-4,6,8H,5,7,9-10H2;1H3,(H,2,3,4). The third-order valence-corrected chi connectivity index (χ3v) is 5.27. The van der Waals surface area contributed by atoms with Crippen LogP contribution in [0.3, 0.4) is 0 Å². The maximum Gasteiger partial charge on any atom is 0.397 e. The zero-order chi connectivity index (χ0) is 19.2. The molecule has 0 aliphatic carbocycles. The van der Waals surface area contributed by atoms with Gasteiger partial charge in [0.2, 0.25) is 0 Å². The minimum atomic E-state index is -4.16. The van der Waals surface area contributed by atoms with Crippen molar-refractivity contribution in [1.82, 2.24) is 4.90 Å². The summed E-state index contributed by atoms with van der Waals surface area (Å²) in [5.41, 5.74) is 1.33. The van der Waals surface area contributed by atoms with Crippen LogP contribution >= 0.6 is 22.9 Å². The van der Waals surface area contributed by atoms with Crippen molar-refractivity contribution in [3.63, 3.8) is 0 Å². The number of fused-ring (bicyclic) bond motifs is 1. The van der Waals surface area contributed by atoms with Gasteiger partial charge in [0.25, 0.3) is 0 Å². The molecule has 142 valence electrons. The molecule has 26 heavy (non-hydrogen) atoms. The highest BCUT2D eigenvalue weighted by molar-refractivity contribution is 7.80. The minimum absolute atomic E-state index is 0.267. The van der Waals surface area contributed by atoms with Crippen LogP contribution in [-0.4, -0.2) is 44.0 Å². The summed E-state index contributed by atoms with van der Waals surface area (Å²) in [6.45, 7) is 2.00. The molecule has 3 rings (SSSR count). The SMILES string of the molecule is COS(=O)(=O)O.O=C(CN1CCc2sccc2C1)Oc1ccccc1Cl. The van der Waals surface area contributed by atoms with Gasteiger partial charge in [-0.3, -0.25) is 18.4 Å². The van der Waals surface area contributed by atoms with E-state index in [0.29, 0.717) is 17.3 Å². The van der Waals surface area contributed by atoms with Crippen molar-refractivity contribution < 1.29 is 26.7 Å². The number of para-hydroxylation sites is 1. The highest BCUT2D eigenvalue weighted by Gasteiger charge is 2.20. The molecule has 2 aromatic rings. The van der Waals surface area contributed by atoms with Crippen LogP contribution in [0.15, 0.2) is 35.7 Å². The van der Waals surface area contributed by atoms with E-state index in [-0.39, 0.29) is 5.97 Å². The monoisotopic (exact) mass is 419 g/mol. The van der Waals surface area contributed by atoms with Gasteiger partial charge in [-0.15, -0.1) is 11.3 Å². The van der Waals surface area contributed by atoms with Crippen molar-refractivity contribution in [2.75, 3.05) is 20.2 Å². The molecule has 1 N–H and O–H groups in total. The first-order chi connectivity index (χ1) is 12.3. The van der Waals surface area contributed by atoms with Gasteiger partial charge in [0.15, 0.2) is 0 Å². The van der Waals surface area contributed by atoms with Crippen LogP contribution in [0.5, 0.6) is 5.75 Å². The Morgan fingerprint density at radius 2 is 2.04 bits per heavy atom. The Morgan fingerprint density at radius 1 is 1.35 bits per heavy atom. The van der Waals surface area contributed by atoms with Gasteiger partial charge in [-0.05, 0) is 35.6 Å². The lowest BCUT2D eigenvalue weighted by molar-refractivity contribution is -0.135. The van der Waals surface area contributed by atoms with Gasteiger partial charge in [0.1, 0.15) is 5.75 Å². The van der Waals surface area contributed by atoms with E-state index < -0.39 is 10.4 Å². The van der Waals surface area contributed by atoms with E-state index in [9.17, 15) is 13.2 Å². The van der Waals surface area contributed by atoms with E-state index in [4.69, 9.17) is 20.9 Å². The fraction of sp³-hybridized carbons (Fsp3) is 0.312. The number of benzene rings is 1. The summed E-state index contributed by atoms with van der Waals surface area (Å²) in [7, 11) is -3.29. The summed E-state index contributed by atoms with van der Waals surface area (Å²) in [4.78, 5) is 15.5. The maximum absolute atomic E-state index is 12.0. The zero-order valence-corrected chi connectivity index (χ0v) is 16.3.